The van der Waals surface area contributed by atoms with Gasteiger partial charge in [-0.3, -0.25) is 4.79 Å². The summed E-state index contributed by atoms with van der Waals surface area (Å²) in [7, 11) is 0. The second kappa shape index (κ2) is 5.13. The average molecular weight is 261 g/mol. The smallest absolute Gasteiger partial charge is 0.165 e. The van der Waals surface area contributed by atoms with Crippen LogP contribution in [0.4, 0.5) is 4.39 Å². The average Bonchev–Trinajstić information content (AvgIpc) is 3.05. The highest BCUT2D eigenvalue weighted by Gasteiger charge is 2.19. The van der Waals surface area contributed by atoms with Gasteiger partial charge in [0.1, 0.15) is 5.82 Å². The van der Waals surface area contributed by atoms with E-state index < -0.39 is 0 Å². The number of hydrogen-bond acceptors (Lipinski definition) is 2. The summed E-state index contributed by atoms with van der Waals surface area (Å²) in [6.45, 7) is 0.792. The van der Waals surface area contributed by atoms with Crippen molar-refractivity contribution in [2.45, 2.75) is 31.8 Å². The summed E-state index contributed by atoms with van der Waals surface area (Å²) in [5.41, 5.74) is 1.12. The van der Waals surface area contributed by atoms with Crippen LogP contribution in [0.5, 0.6) is 0 Å². The molecule has 1 unspecified atom stereocenters. The van der Waals surface area contributed by atoms with Gasteiger partial charge in [0.05, 0.1) is 6.10 Å². The number of aromatic amines is 1. The number of benzene rings is 1. The molecule has 0 spiro atoms. The quantitative estimate of drug-likeness (QED) is 0.856. The number of ketones is 1. The van der Waals surface area contributed by atoms with Gasteiger partial charge in [-0.1, -0.05) is 6.07 Å². The zero-order valence-electron chi connectivity index (χ0n) is 10.6. The van der Waals surface area contributed by atoms with Crippen LogP contribution in [0.2, 0.25) is 0 Å². The van der Waals surface area contributed by atoms with E-state index in [1.54, 1.807) is 18.3 Å². The van der Waals surface area contributed by atoms with Gasteiger partial charge in [0.2, 0.25) is 0 Å². The van der Waals surface area contributed by atoms with Crippen molar-refractivity contribution in [2.75, 3.05) is 6.61 Å². The summed E-state index contributed by atoms with van der Waals surface area (Å²) >= 11 is 0. The highest BCUT2D eigenvalue weighted by molar-refractivity contribution is 6.08. The number of halogens is 1. The zero-order chi connectivity index (χ0) is 13.2. The molecule has 0 bridgehead atoms. The topological polar surface area (TPSA) is 42.1 Å². The van der Waals surface area contributed by atoms with Crippen LogP contribution < -0.4 is 0 Å². The van der Waals surface area contributed by atoms with Crippen molar-refractivity contribution >= 4 is 16.7 Å². The number of Topliss-reactive ketones (excluding diaryl/α,β-unsaturated/α-hetero) is 1. The maximum Gasteiger partial charge on any atom is 0.165 e. The molecule has 19 heavy (non-hydrogen) atoms. The molecule has 1 aliphatic heterocycles. The third kappa shape index (κ3) is 2.40. The number of carbonyl (C=O) groups is 1. The lowest BCUT2D eigenvalue weighted by atomic mass is 10.0. The Bertz CT molecular complexity index is 599. The Balaban J connectivity index is 1.77. The van der Waals surface area contributed by atoms with E-state index in [9.17, 15) is 9.18 Å². The highest BCUT2D eigenvalue weighted by atomic mass is 19.1. The van der Waals surface area contributed by atoms with E-state index >= 15 is 0 Å². The normalized spacial score (nSPS) is 19.1. The summed E-state index contributed by atoms with van der Waals surface area (Å²) in [6.07, 6.45) is 5.02. The summed E-state index contributed by atoms with van der Waals surface area (Å²) in [5, 5.41) is 0.403. The standard InChI is InChI=1S/C15H16FNO2/c16-12-4-1-5-13-15(12)11(9-17-13)14(18)7-6-10-3-2-8-19-10/h1,4-5,9-10,17H,2-3,6-8H2. The Kier molecular flexibility index (Phi) is 3.34. The predicted molar refractivity (Wildman–Crippen MR) is 70.8 cm³/mol. The van der Waals surface area contributed by atoms with E-state index in [1.807, 2.05) is 0 Å². The van der Waals surface area contributed by atoms with E-state index in [1.165, 1.54) is 6.07 Å². The molecule has 3 nitrogen and oxygen atoms in total. The molecule has 0 radical (unpaired) electrons. The number of carbonyl (C=O) groups excluding carboxylic acids is 1. The molecule has 3 rings (SSSR count). The first-order valence-electron chi connectivity index (χ1n) is 6.66. The van der Waals surface area contributed by atoms with Gasteiger partial charge in [-0.05, 0) is 31.4 Å². The Hall–Kier alpha value is -1.68. The highest BCUT2D eigenvalue weighted by Crippen LogP contribution is 2.24. The van der Waals surface area contributed by atoms with Crippen LogP contribution in [0.1, 0.15) is 36.0 Å². The van der Waals surface area contributed by atoms with E-state index in [4.69, 9.17) is 4.74 Å². The summed E-state index contributed by atoms with van der Waals surface area (Å²) < 4.78 is 19.3. The van der Waals surface area contributed by atoms with Gasteiger partial charge in [-0.25, -0.2) is 4.39 Å². The molecule has 1 aliphatic rings. The largest absolute Gasteiger partial charge is 0.378 e. The van der Waals surface area contributed by atoms with Crippen LogP contribution in [0.15, 0.2) is 24.4 Å². The van der Waals surface area contributed by atoms with Gasteiger partial charge in [0.25, 0.3) is 0 Å². The molecule has 1 saturated heterocycles. The predicted octanol–water partition coefficient (Wildman–Crippen LogP) is 3.45. The number of nitrogens with one attached hydrogen (secondary N) is 1. The third-order valence-electron chi connectivity index (χ3n) is 3.67. The maximum atomic E-state index is 13.8. The third-order valence-corrected chi connectivity index (χ3v) is 3.67. The van der Waals surface area contributed by atoms with Crippen molar-refractivity contribution in [3.8, 4) is 0 Å². The summed E-state index contributed by atoms with van der Waals surface area (Å²) in [4.78, 5) is 15.1. The molecule has 4 heteroatoms. The van der Waals surface area contributed by atoms with Gasteiger partial charge in [0.15, 0.2) is 5.78 Å². The lowest BCUT2D eigenvalue weighted by Crippen LogP contribution is -2.08. The molecule has 1 aromatic heterocycles. The lowest BCUT2D eigenvalue weighted by molar-refractivity contribution is 0.0860. The first-order valence-corrected chi connectivity index (χ1v) is 6.66. The number of hydrogen-bond donors (Lipinski definition) is 1. The van der Waals surface area contributed by atoms with Gasteiger partial charge < -0.3 is 9.72 Å². The van der Waals surface area contributed by atoms with Crippen LogP contribution in [-0.4, -0.2) is 23.5 Å². The van der Waals surface area contributed by atoms with Crippen molar-refractivity contribution in [3.05, 3.63) is 35.8 Å². The Morgan fingerprint density at radius 1 is 1.47 bits per heavy atom. The van der Waals surface area contributed by atoms with Crippen LogP contribution in [0.25, 0.3) is 10.9 Å². The zero-order valence-corrected chi connectivity index (χ0v) is 10.6. The van der Waals surface area contributed by atoms with Crippen molar-refractivity contribution in [3.63, 3.8) is 0 Å². The minimum Gasteiger partial charge on any atom is -0.378 e. The van der Waals surface area contributed by atoms with Crippen molar-refractivity contribution in [1.29, 1.82) is 0 Å². The second-order valence-electron chi connectivity index (χ2n) is 4.96. The van der Waals surface area contributed by atoms with Gasteiger partial charge in [0, 0.05) is 35.7 Å². The van der Waals surface area contributed by atoms with Crippen LogP contribution in [0.3, 0.4) is 0 Å². The van der Waals surface area contributed by atoms with E-state index in [2.05, 4.69) is 4.98 Å². The molecule has 1 N–H and O–H groups in total. The molecule has 2 heterocycles. The minimum absolute atomic E-state index is 0.0214. The van der Waals surface area contributed by atoms with Crippen molar-refractivity contribution in [2.24, 2.45) is 0 Å². The number of ether oxygens (including phenoxy) is 1. The molecule has 2 aromatic rings. The van der Waals surface area contributed by atoms with Crippen LogP contribution >= 0.6 is 0 Å². The molecule has 0 aliphatic carbocycles. The molecular formula is C15H16FNO2. The fourth-order valence-electron chi connectivity index (χ4n) is 2.66. The van der Waals surface area contributed by atoms with E-state index in [0.29, 0.717) is 22.9 Å². The Morgan fingerprint density at radius 2 is 2.37 bits per heavy atom. The number of fused-ring (bicyclic) bond motifs is 1. The number of aromatic nitrogens is 1. The van der Waals surface area contributed by atoms with E-state index in [-0.39, 0.29) is 17.7 Å². The molecule has 1 fully saturated rings. The first kappa shape index (κ1) is 12.4. The molecule has 0 saturated carbocycles. The van der Waals surface area contributed by atoms with Gasteiger partial charge in [-0.15, -0.1) is 0 Å². The van der Waals surface area contributed by atoms with Crippen molar-refractivity contribution in [1.82, 2.24) is 4.98 Å². The Labute approximate surface area is 110 Å². The van der Waals surface area contributed by atoms with Crippen molar-refractivity contribution < 1.29 is 13.9 Å². The molecule has 1 atom stereocenters. The van der Waals surface area contributed by atoms with Crippen LogP contribution in [0, 0.1) is 5.82 Å². The first-order chi connectivity index (χ1) is 9.25. The number of rotatable bonds is 4. The molecule has 0 amide bonds. The minimum atomic E-state index is -0.348. The summed E-state index contributed by atoms with van der Waals surface area (Å²) in [6, 6.07) is 4.79. The molecular weight excluding hydrogens is 245 g/mol. The summed E-state index contributed by atoms with van der Waals surface area (Å²) in [5.74, 6) is -0.369. The van der Waals surface area contributed by atoms with Crippen LogP contribution in [-0.2, 0) is 4.74 Å². The maximum absolute atomic E-state index is 13.8. The Morgan fingerprint density at radius 3 is 3.16 bits per heavy atom. The van der Waals surface area contributed by atoms with Gasteiger partial charge in [-0.2, -0.15) is 0 Å². The van der Waals surface area contributed by atoms with E-state index in [0.717, 1.165) is 25.9 Å². The second-order valence-corrected chi connectivity index (χ2v) is 4.96. The monoisotopic (exact) mass is 261 g/mol. The molecule has 1 aromatic carbocycles. The lowest BCUT2D eigenvalue weighted by Gasteiger charge is -2.07. The number of H-pyrrole nitrogens is 1. The molecule has 100 valence electrons. The fourth-order valence-corrected chi connectivity index (χ4v) is 2.66. The fraction of sp³-hybridized carbons (Fsp3) is 0.400. The SMILES string of the molecule is O=C(CCC1CCCO1)c1c[nH]c2cccc(F)c12. The van der Waals surface area contributed by atoms with Gasteiger partial charge >= 0.3 is 0 Å².